The fraction of sp³-hybridized carbons (Fsp3) is 0.176. The summed E-state index contributed by atoms with van der Waals surface area (Å²) < 4.78 is 26.1. The molecule has 6 heteroatoms. The summed E-state index contributed by atoms with van der Waals surface area (Å²) in [6, 6.07) is 9.00. The fourth-order valence-corrected chi connectivity index (χ4v) is 2.16. The number of rotatable bonds is 5. The van der Waals surface area contributed by atoms with Crippen molar-refractivity contribution in [1.29, 1.82) is 0 Å². The molecule has 2 aromatic carbocycles. The minimum atomic E-state index is -1.07. The molecular formula is C17H15F2NO3. The molecule has 0 bridgehead atoms. The van der Waals surface area contributed by atoms with E-state index >= 15 is 0 Å². The van der Waals surface area contributed by atoms with Gasteiger partial charge in [0.05, 0.1) is 18.0 Å². The first-order chi connectivity index (χ1) is 10.9. The van der Waals surface area contributed by atoms with Crippen LogP contribution in [0.5, 0.6) is 0 Å². The van der Waals surface area contributed by atoms with Crippen LogP contribution in [0, 0.1) is 11.6 Å². The minimum absolute atomic E-state index is 0.00482. The van der Waals surface area contributed by atoms with Gasteiger partial charge in [-0.15, -0.1) is 0 Å². The van der Waals surface area contributed by atoms with Crippen molar-refractivity contribution < 1.29 is 23.5 Å². The monoisotopic (exact) mass is 319 g/mol. The molecule has 0 aliphatic rings. The second-order valence-electron chi connectivity index (χ2n) is 5.15. The molecule has 0 saturated heterocycles. The second kappa shape index (κ2) is 7.00. The van der Waals surface area contributed by atoms with Crippen molar-refractivity contribution in [2.75, 3.05) is 0 Å². The van der Waals surface area contributed by atoms with Crippen LogP contribution in [0.3, 0.4) is 0 Å². The van der Waals surface area contributed by atoms with Gasteiger partial charge in [0.25, 0.3) is 0 Å². The Morgan fingerprint density at radius 3 is 2.52 bits per heavy atom. The van der Waals surface area contributed by atoms with E-state index in [2.05, 4.69) is 5.32 Å². The van der Waals surface area contributed by atoms with Crippen LogP contribution in [0.2, 0.25) is 0 Å². The van der Waals surface area contributed by atoms with Gasteiger partial charge in [-0.25, -0.2) is 13.6 Å². The van der Waals surface area contributed by atoms with Crippen LogP contribution in [0.4, 0.5) is 8.78 Å². The van der Waals surface area contributed by atoms with E-state index in [9.17, 15) is 18.4 Å². The highest BCUT2D eigenvalue weighted by Gasteiger charge is 2.13. The Kier molecular flexibility index (Phi) is 5.05. The van der Waals surface area contributed by atoms with Crippen LogP contribution in [-0.4, -0.2) is 17.0 Å². The van der Waals surface area contributed by atoms with E-state index in [4.69, 9.17) is 5.11 Å². The first-order valence-corrected chi connectivity index (χ1v) is 6.93. The number of nitrogens with one attached hydrogen (secondary N) is 1. The third-order valence-electron chi connectivity index (χ3n) is 3.36. The third-order valence-corrected chi connectivity index (χ3v) is 3.36. The van der Waals surface area contributed by atoms with Crippen LogP contribution < -0.4 is 5.32 Å². The maximum absolute atomic E-state index is 13.2. The molecule has 0 spiro atoms. The summed E-state index contributed by atoms with van der Waals surface area (Å²) in [6.45, 7) is 1.65. The lowest BCUT2D eigenvalue weighted by Crippen LogP contribution is -2.28. The largest absolute Gasteiger partial charge is 0.478 e. The van der Waals surface area contributed by atoms with E-state index in [-0.39, 0.29) is 17.9 Å². The Morgan fingerprint density at radius 2 is 1.87 bits per heavy atom. The lowest BCUT2D eigenvalue weighted by molar-refractivity contribution is -0.121. The number of aromatic carboxylic acids is 1. The Bertz CT molecular complexity index is 746. The summed E-state index contributed by atoms with van der Waals surface area (Å²) in [7, 11) is 0. The highest BCUT2D eigenvalue weighted by Crippen LogP contribution is 2.16. The van der Waals surface area contributed by atoms with Crippen LogP contribution in [0.25, 0.3) is 0 Å². The summed E-state index contributed by atoms with van der Waals surface area (Å²) in [5.41, 5.74) is 1.10. The molecular weight excluding hydrogens is 304 g/mol. The van der Waals surface area contributed by atoms with Crippen LogP contribution in [0.15, 0.2) is 42.5 Å². The average Bonchev–Trinajstić information content (AvgIpc) is 2.50. The van der Waals surface area contributed by atoms with Gasteiger partial charge in [0.15, 0.2) is 11.6 Å². The maximum atomic E-state index is 13.2. The molecule has 0 heterocycles. The van der Waals surface area contributed by atoms with Gasteiger partial charge < -0.3 is 10.4 Å². The molecule has 23 heavy (non-hydrogen) atoms. The normalized spacial score (nSPS) is 11.8. The topological polar surface area (TPSA) is 66.4 Å². The van der Waals surface area contributed by atoms with Crippen molar-refractivity contribution in [3.05, 3.63) is 70.8 Å². The van der Waals surface area contributed by atoms with E-state index in [1.807, 2.05) is 0 Å². The van der Waals surface area contributed by atoms with Crippen molar-refractivity contribution in [2.24, 2.45) is 0 Å². The van der Waals surface area contributed by atoms with Gasteiger partial charge in [0.1, 0.15) is 0 Å². The first-order valence-electron chi connectivity index (χ1n) is 6.93. The molecule has 1 atom stereocenters. The van der Waals surface area contributed by atoms with E-state index in [1.54, 1.807) is 19.1 Å². The Labute approximate surface area is 131 Å². The summed E-state index contributed by atoms with van der Waals surface area (Å²) in [6.07, 6.45) is -0.00482. The molecule has 0 fully saturated rings. The minimum Gasteiger partial charge on any atom is -0.478 e. The van der Waals surface area contributed by atoms with Gasteiger partial charge in [-0.1, -0.05) is 18.2 Å². The Morgan fingerprint density at radius 1 is 1.13 bits per heavy atom. The van der Waals surface area contributed by atoms with Gasteiger partial charge in [0.2, 0.25) is 5.91 Å². The molecule has 1 unspecified atom stereocenters. The predicted molar refractivity (Wildman–Crippen MR) is 80.0 cm³/mol. The van der Waals surface area contributed by atoms with Crippen LogP contribution in [-0.2, 0) is 11.2 Å². The lowest BCUT2D eigenvalue weighted by atomic mass is 10.1. The number of benzene rings is 2. The molecule has 2 N–H and O–H groups in total. The SMILES string of the molecule is CC(NC(=O)Cc1cccc(C(=O)O)c1)c1ccc(F)c(F)c1. The molecule has 120 valence electrons. The highest BCUT2D eigenvalue weighted by molar-refractivity contribution is 5.88. The number of carbonyl (C=O) groups is 2. The molecule has 4 nitrogen and oxygen atoms in total. The number of halogens is 2. The van der Waals surface area contributed by atoms with E-state index in [1.165, 1.54) is 18.2 Å². The number of carboxylic acids is 1. The Hall–Kier alpha value is -2.76. The highest BCUT2D eigenvalue weighted by atomic mass is 19.2. The summed E-state index contributed by atoms with van der Waals surface area (Å²) in [4.78, 5) is 22.9. The average molecular weight is 319 g/mol. The number of hydrogen-bond acceptors (Lipinski definition) is 2. The zero-order chi connectivity index (χ0) is 17.0. The Balaban J connectivity index is 2.02. The summed E-state index contributed by atoms with van der Waals surface area (Å²) >= 11 is 0. The number of carboxylic acid groups (broad SMARTS) is 1. The molecule has 0 radical (unpaired) electrons. The van der Waals surface area contributed by atoms with E-state index in [0.717, 1.165) is 12.1 Å². The van der Waals surface area contributed by atoms with E-state index in [0.29, 0.717) is 11.1 Å². The molecule has 2 rings (SSSR count). The van der Waals surface area contributed by atoms with Crippen molar-refractivity contribution in [3.8, 4) is 0 Å². The van der Waals surface area contributed by atoms with E-state index < -0.39 is 23.6 Å². The molecule has 0 aliphatic heterocycles. The van der Waals surface area contributed by atoms with Crippen LogP contribution in [0.1, 0.15) is 34.5 Å². The molecule has 2 aromatic rings. The van der Waals surface area contributed by atoms with Crippen molar-refractivity contribution in [3.63, 3.8) is 0 Å². The third kappa shape index (κ3) is 4.35. The van der Waals surface area contributed by atoms with Gasteiger partial charge in [-0.05, 0) is 42.3 Å². The fourth-order valence-electron chi connectivity index (χ4n) is 2.16. The predicted octanol–water partition coefficient (Wildman–Crippen LogP) is 3.08. The van der Waals surface area contributed by atoms with Crippen molar-refractivity contribution >= 4 is 11.9 Å². The van der Waals surface area contributed by atoms with Gasteiger partial charge >= 0.3 is 5.97 Å². The molecule has 0 aliphatic carbocycles. The standard InChI is InChI=1S/C17H15F2NO3/c1-10(12-5-6-14(18)15(19)9-12)20-16(21)8-11-3-2-4-13(7-11)17(22)23/h2-7,9-10H,8H2,1H3,(H,20,21)(H,22,23). The molecule has 1 amide bonds. The zero-order valence-corrected chi connectivity index (χ0v) is 12.3. The van der Waals surface area contributed by atoms with Gasteiger partial charge in [0, 0.05) is 0 Å². The van der Waals surface area contributed by atoms with Gasteiger partial charge in [-0.3, -0.25) is 4.79 Å². The summed E-state index contributed by atoms with van der Waals surface area (Å²) in [5.74, 6) is -3.33. The number of hydrogen-bond donors (Lipinski definition) is 2. The zero-order valence-electron chi connectivity index (χ0n) is 12.3. The smallest absolute Gasteiger partial charge is 0.335 e. The summed E-state index contributed by atoms with van der Waals surface area (Å²) in [5, 5.41) is 11.6. The quantitative estimate of drug-likeness (QED) is 0.890. The van der Waals surface area contributed by atoms with Gasteiger partial charge in [-0.2, -0.15) is 0 Å². The number of carbonyl (C=O) groups excluding carboxylic acids is 1. The first kappa shape index (κ1) is 16.6. The lowest BCUT2D eigenvalue weighted by Gasteiger charge is -2.14. The number of amides is 1. The van der Waals surface area contributed by atoms with Crippen molar-refractivity contribution in [2.45, 2.75) is 19.4 Å². The second-order valence-corrected chi connectivity index (χ2v) is 5.15. The molecule has 0 aromatic heterocycles. The van der Waals surface area contributed by atoms with Crippen LogP contribution >= 0.6 is 0 Å². The van der Waals surface area contributed by atoms with Crippen molar-refractivity contribution in [1.82, 2.24) is 5.32 Å². The maximum Gasteiger partial charge on any atom is 0.335 e. The molecule has 0 saturated carbocycles.